The third kappa shape index (κ3) is 3.17. The summed E-state index contributed by atoms with van der Waals surface area (Å²) in [6, 6.07) is 12.2. The van der Waals surface area contributed by atoms with Crippen LogP contribution in [0.15, 0.2) is 42.5 Å². The summed E-state index contributed by atoms with van der Waals surface area (Å²) in [5.74, 6) is -0.497. The molecule has 0 radical (unpaired) electrons. The van der Waals surface area contributed by atoms with Crippen LogP contribution in [0.1, 0.15) is 28.9 Å². The number of nitrogens with two attached hydrogens (primary N) is 2. The first-order valence-electron chi connectivity index (χ1n) is 7.67. The second-order valence-corrected chi connectivity index (χ2v) is 5.79. The van der Waals surface area contributed by atoms with Crippen molar-refractivity contribution in [3.05, 3.63) is 53.6 Å². The fraction of sp³-hybridized carbons (Fsp3) is 0.111. The average molecular weight is 338 g/mol. The highest BCUT2D eigenvalue weighted by Crippen LogP contribution is 2.31. The van der Waals surface area contributed by atoms with Crippen LogP contribution in [0.25, 0.3) is 22.0 Å². The molecule has 1 heterocycles. The van der Waals surface area contributed by atoms with E-state index >= 15 is 0 Å². The molecule has 3 amide bonds. The van der Waals surface area contributed by atoms with Crippen molar-refractivity contribution in [2.75, 3.05) is 5.32 Å². The number of fused-ring (bicyclic) bond motifs is 1. The van der Waals surface area contributed by atoms with Crippen LogP contribution < -0.4 is 16.8 Å². The number of carbonyl (C=O) groups is 2. The van der Waals surface area contributed by atoms with Crippen LogP contribution in [0.4, 0.5) is 10.6 Å². The molecule has 0 aliphatic heterocycles. The molecule has 2 aromatic carbocycles. The third-order valence-electron chi connectivity index (χ3n) is 4.00. The van der Waals surface area contributed by atoms with Crippen LogP contribution in [-0.4, -0.2) is 22.0 Å². The first-order chi connectivity index (χ1) is 11.9. The molecule has 0 bridgehead atoms. The topological polar surface area (TPSA) is 134 Å². The monoisotopic (exact) mass is 338 g/mol. The lowest BCUT2D eigenvalue weighted by atomic mass is 9.99. The highest BCUT2D eigenvalue weighted by atomic mass is 16.3. The maximum Gasteiger partial charge on any atom is 0.317 e. The van der Waals surface area contributed by atoms with Gasteiger partial charge in [-0.1, -0.05) is 30.3 Å². The molecule has 7 N–H and O–H groups in total. The van der Waals surface area contributed by atoms with Crippen molar-refractivity contribution in [1.29, 1.82) is 0 Å². The molecule has 3 aromatic rings. The van der Waals surface area contributed by atoms with E-state index in [1.165, 1.54) is 0 Å². The predicted octanol–water partition coefficient (Wildman–Crippen LogP) is 2.48. The van der Waals surface area contributed by atoms with E-state index in [0.717, 1.165) is 16.7 Å². The minimum absolute atomic E-state index is 0.171. The number of aliphatic hydroxyl groups excluding tert-OH is 1. The van der Waals surface area contributed by atoms with E-state index in [9.17, 15) is 14.7 Å². The van der Waals surface area contributed by atoms with Crippen molar-refractivity contribution in [2.45, 2.75) is 13.0 Å². The molecule has 0 saturated heterocycles. The van der Waals surface area contributed by atoms with Gasteiger partial charge in [-0.25, -0.2) is 4.79 Å². The Bertz CT molecular complexity index is 976. The van der Waals surface area contributed by atoms with Gasteiger partial charge in [0.15, 0.2) is 0 Å². The van der Waals surface area contributed by atoms with Crippen LogP contribution in [0.2, 0.25) is 0 Å². The number of primary amides is 2. The van der Waals surface area contributed by atoms with E-state index < -0.39 is 18.0 Å². The van der Waals surface area contributed by atoms with Gasteiger partial charge in [-0.3, -0.25) is 10.1 Å². The standard InChI is InChI=1S/C18H18N4O3/c1-9(23)10-3-2-4-11(7-10)12-5-6-13-14(8-12)21-17(22-18(20)25)15(13)16(19)24/h2-9,21,23H,1H3,(H2,19,24)(H3,20,22,25). The number of urea groups is 1. The van der Waals surface area contributed by atoms with E-state index in [1.807, 2.05) is 36.4 Å². The fourth-order valence-electron chi connectivity index (χ4n) is 2.83. The molecular formula is C18H18N4O3. The normalized spacial score (nSPS) is 12.1. The molecule has 7 nitrogen and oxygen atoms in total. The largest absolute Gasteiger partial charge is 0.389 e. The quantitative estimate of drug-likeness (QED) is 0.500. The van der Waals surface area contributed by atoms with Crippen LogP contribution in [0, 0.1) is 0 Å². The number of hydrogen-bond donors (Lipinski definition) is 5. The molecule has 0 fully saturated rings. The lowest BCUT2D eigenvalue weighted by molar-refractivity contribution is 0.100. The van der Waals surface area contributed by atoms with Crippen molar-refractivity contribution < 1.29 is 14.7 Å². The molecule has 7 heteroatoms. The van der Waals surface area contributed by atoms with Crippen molar-refractivity contribution in [3.8, 4) is 11.1 Å². The van der Waals surface area contributed by atoms with Gasteiger partial charge in [0, 0.05) is 10.9 Å². The van der Waals surface area contributed by atoms with Crippen molar-refractivity contribution >= 4 is 28.7 Å². The van der Waals surface area contributed by atoms with Gasteiger partial charge in [0.2, 0.25) is 0 Å². The van der Waals surface area contributed by atoms with E-state index in [1.54, 1.807) is 13.0 Å². The van der Waals surface area contributed by atoms with Crippen LogP contribution in [0.5, 0.6) is 0 Å². The average Bonchev–Trinajstić information content (AvgIpc) is 2.91. The molecule has 0 aliphatic rings. The summed E-state index contributed by atoms with van der Waals surface area (Å²) in [6.07, 6.45) is -0.568. The Balaban J connectivity index is 2.13. The minimum Gasteiger partial charge on any atom is -0.389 e. The van der Waals surface area contributed by atoms with E-state index in [4.69, 9.17) is 11.5 Å². The number of carbonyl (C=O) groups excluding carboxylic acids is 2. The summed E-state index contributed by atoms with van der Waals surface area (Å²) in [5.41, 5.74) is 14.0. The van der Waals surface area contributed by atoms with Gasteiger partial charge in [0.1, 0.15) is 5.82 Å². The SMILES string of the molecule is CC(O)c1cccc(-c2ccc3c(C(N)=O)c(NC(N)=O)[nH]c3c2)c1. The van der Waals surface area contributed by atoms with Gasteiger partial charge in [-0.05, 0) is 35.7 Å². The Morgan fingerprint density at radius 3 is 2.48 bits per heavy atom. The lowest BCUT2D eigenvalue weighted by Crippen LogP contribution is -2.22. The number of nitrogens with one attached hydrogen (secondary N) is 2. The second kappa shape index (κ2) is 6.29. The summed E-state index contributed by atoms with van der Waals surface area (Å²) in [7, 11) is 0. The smallest absolute Gasteiger partial charge is 0.317 e. The number of benzene rings is 2. The summed E-state index contributed by atoms with van der Waals surface area (Å²) in [6.45, 7) is 1.70. The molecule has 0 saturated carbocycles. The highest BCUT2D eigenvalue weighted by molar-refractivity contribution is 6.13. The maximum absolute atomic E-state index is 11.7. The van der Waals surface area contributed by atoms with E-state index in [0.29, 0.717) is 10.9 Å². The Hall–Kier alpha value is -3.32. The molecular weight excluding hydrogens is 320 g/mol. The van der Waals surface area contributed by atoms with Gasteiger partial charge < -0.3 is 21.6 Å². The molecule has 0 aliphatic carbocycles. The zero-order chi connectivity index (χ0) is 18.1. The molecule has 1 atom stereocenters. The number of amides is 3. The molecule has 1 aromatic heterocycles. The summed E-state index contributed by atoms with van der Waals surface area (Å²) < 4.78 is 0. The third-order valence-corrected chi connectivity index (χ3v) is 4.00. The van der Waals surface area contributed by atoms with E-state index in [-0.39, 0.29) is 11.4 Å². The number of aromatic amines is 1. The molecule has 3 rings (SSSR count). The minimum atomic E-state index is -0.793. The number of anilines is 1. The van der Waals surface area contributed by atoms with Gasteiger partial charge in [0.25, 0.3) is 5.91 Å². The van der Waals surface area contributed by atoms with Crippen LogP contribution >= 0.6 is 0 Å². The first-order valence-corrected chi connectivity index (χ1v) is 7.67. The summed E-state index contributed by atoms with van der Waals surface area (Å²) in [5, 5.41) is 12.7. The maximum atomic E-state index is 11.7. The van der Waals surface area contributed by atoms with Crippen molar-refractivity contribution in [1.82, 2.24) is 4.98 Å². The Morgan fingerprint density at radius 2 is 1.84 bits per heavy atom. The summed E-state index contributed by atoms with van der Waals surface area (Å²) >= 11 is 0. The fourth-order valence-corrected chi connectivity index (χ4v) is 2.83. The second-order valence-electron chi connectivity index (χ2n) is 5.79. The molecule has 0 spiro atoms. The lowest BCUT2D eigenvalue weighted by Gasteiger charge is -2.08. The van der Waals surface area contributed by atoms with Gasteiger partial charge in [-0.15, -0.1) is 0 Å². The number of aliphatic hydroxyl groups is 1. The van der Waals surface area contributed by atoms with Crippen LogP contribution in [-0.2, 0) is 0 Å². The number of aromatic nitrogens is 1. The number of rotatable bonds is 4. The Morgan fingerprint density at radius 1 is 1.12 bits per heavy atom. The van der Waals surface area contributed by atoms with E-state index in [2.05, 4.69) is 10.3 Å². The first kappa shape index (κ1) is 16.5. The van der Waals surface area contributed by atoms with Gasteiger partial charge >= 0.3 is 6.03 Å². The molecule has 25 heavy (non-hydrogen) atoms. The Labute approximate surface area is 143 Å². The van der Waals surface area contributed by atoms with Gasteiger partial charge in [-0.2, -0.15) is 0 Å². The van der Waals surface area contributed by atoms with Gasteiger partial charge in [0.05, 0.1) is 11.7 Å². The zero-order valence-corrected chi connectivity index (χ0v) is 13.5. The number of H-pyrrole nitrogens is 1. The predicted molar refractivity (Wildman–Crippen MR) is 96.1 cm³/mol. The highest BCUT2D eigenvalue weighted by Gasteiger charge is 2.18. The molecule has 128 valence electrons. The van der Waals surface area contributed by atoms with Crippen molar-refractivity contribution in [3.63, 3.8) is 0 Å². The Kier molecular flexibility index (Phi) is 4.16. The zero-order valence-electron chi connectivity index (χ0n) is 13.5. The molecule has 1 unspecified atom stereocenters. The summed E-state index contributed by atoms with van der Waals surface area (Å²) in [4.78, 5) is 25.8. The van der Waals surface area contributed by atoms with Crippen LogP contribution in [0.3, 0.4) is 0 Å². The number of hydrogen-bond acceptors (Lipinski definition) is 3. The van der Waals surface area contributed by atoms with Crippen molar-refractivity contribution in [2.24, 2.45) is 11.5 Å².